The van der Waals surface area contributed by atoms with Gasteiger partial charge in [0.25, 0.3) is 5.91 Å². The first-order chi connectivity index (χ1) is 15.1. The van der Waals surface area contributed by atoms with Crippen LogP contribution in [0.15, 0.2) is 78.2 Å². The van der Waals surface area contributed by atoms with Gasteiger partial charge in [0.15, 0.2) is 6.61 Å². The molecule has 1 aromatic heterocycles. The standard InChI is InChI=1S/C22H17ClN4O3S/c23-17-6-8-20(27-14-24-13-25-27)19(10-17)26-21(28)11-30-22(29)12-31-18-7-5-15-3-1-2-4-16(15)9-18/h1-10,13-14H,11-12H2,(H,26,28). The van der Waals surface area contributed by atoms with Gasteiger partial charge in [-0.2, -0.15) is 5.10 Å². The van der Waals surface area contributed by atoms with Crippen LogP contribution in [0.25, 0.3) is 16.5 Å². The number of nitrogens with one attached hydrogen (secondary N) is 1. The average molecular weight is 453 g/mol. The van der Waals surface area contributed by atoms with Crippen LogP contribution in [-0.2, 0) is 14.3 Å². The van der Waals surface area contributed by atoms with Gasteiger partial charge in [0.2, 0.25) is 0 Å². The normalized spacial score (nSPS) is 10.7. The Morgan fingerprint density at radius 1 is 1.06 bits per heavy atom. The second-order valence-electron chi connectivity index (χ2n) is 6.51. The minimum Gasteiger partial charge on any atom is -0.455 e. The number of fused-ring (bicyclic) bond motifs is 1. The molecule has 0 aliphatic carbocycles. The maximum absolute atomic E-state index is 12.3. The Morgan fingerprint density at radius 3 is 2.71 bits per heavy atom. The first-order valence-corrected chi connectivity index (χ1v) is 10.7. The Kier molecular flexibility index (Phi) is 6.49. The van der Waals surface area contributed by atoms with Gasteiger partial charge in [-0.3, -0.25) is 9.59 Å². The largest absolute Gasteiger partial charge is 0.455 e. The number of carbonyl (C=O) groups is 2. The molecular weight excluding hydrogens is 436 g/mol. The number of esters is 1. The van der Waals surface area contributed by atoms with E-state index in [0.29, 0.717) is 16.4 Å². The number of hydrogen-bond acceptors (Lipinski definition) is 6. The van der Waals surface area contributed by atoms with Crippen LogP contribution in [0, 0.1) is 0 Å². The Labute approximate surface area is 187 Å². The number of benzene rings is 3. The fraction of sp³-hybridized carbons (Fsp3) is 0.0909. The second-order valence-corrected chi connectivity index (χ2v) is 7.99. The third-order valence-corrected chi connectivity index (χ3v) is 5.54. The van der Waals surface area contributed by atoms with Crippen LogP contribution >= 0.6 is 23.4 Å². The van der Waals surface area contributed by atoms with Crippen molar-refractivity contribution in [3.05, 3.63) is 78.3 Å². The Hall–Kier alpha value is -3.36. The van der Waals surface area contributed by atoms with Gasteiger partial charge in [-0.25, -0.2) is 9.67 Å². The van der Waals surface area contributed by atoms with Crippen molar-refractivity contribution in [3.8, 4) is 5.69 Å². The predicted molar refractivity (Wildman–Crippen MR) is 121 cm³/mol. The molecule has 4 aromatic rings. The summed E-state index contributed by atoms with van der Waals surface area (Å²) in [5, 5.41) is 9.43. The number of thioether (sulfide) groups is 1. The molecule has 9 heteroatoms. The molecule has 1 N–H and O–H groups in total. The van der Waals surface area contributed by atoms with Crippen LogP contribution in [0.5, 0.6) is 0 Å². The van der Waals surface area contributed by atoms with Crippen molar-refractivity contribution < 1.29 is 14.3 Å². The molecule has 1 amide bonds. The summed E-state index contributed by atoms with van der Waals surface area (Å²) in [7, 11) is 0. The summed E-state index contributed by atoms with van der Waals surface area (Å²) < 4.78 is 6.60. The second kappa shape index (κ2) is 9.63. The van der Waals surface area contributed by atoms with Crippen molar-refractivity contribution in [2.45, 2.75) is 4.90 Å². The van der Waals surface area contributed by atoms with Gasteiger partial charge in [-0.05, 0) is 41.1 Å². The van der Waals surface area contributed by atoms with E-state index in [1.165, 1.54) is 29.1 Å². The summed E-state index contributed by atoms with van der Waals surface area (Å²) in [5.41, 5.74) is 1.03. The van der Waals surface area contributed by atoms with Gasteiger partial charge in [-0.1, -0.05) is 41.9 Å². The maximum Gasteiger partial charge on any atom is 0.316 e. The summed E-state index contributed by atoms with van der Waals surface area (Å²) >= 11 is 7.40. The number of ether oxygens (including phenoxy) is 1. The molecule has 0 saturated carbocycles. The highest BCUT2D eigenvalue weighted by atomic mass is 35.5. The Morgan fingerprint density at radius 2 is 1.90 bits per heavy atom. The van der Waals surface area contributed by atoms with E-state index in [-0.39, 0.29) is 5.75 Å². The number of hydrogen-bond donors (Lipinski definition) is 1. The quantitative estimate of drug-likeness (QED) is 0.331. The lowest BCUT2D eigenvalue weighted by molar-refractivity contribution is -0.144. The molecule has 0 radical (unpaired) electrons. The maximum atomic E-state index is 12.3. The molecule has 3 aromatic carbocycles. The zero-order valence-corrected chi connectivity index (χ0v) is 17.8. The lowest BCUT2D eigenvalue weighted by Crippen LogP contribution is -2.22. The smallest absolute Gasteiger partial charge is 0.316 e. The third kappa shape index (κ3) is 5.42. The van der Waals surface area contributed by atoms with Crippen LogP contribution < -0.4 is 5.32 Å². The number of anilines is 1. The first-order valence-electron chi connectivity index (χ1n) is 9.30. The molecule has 4 rings (SSSR count). The zero-order valence-electron chi connectivity index (χ0n) is 16.2. The Balaban J connectivity index is 1.30. The van der Waals surface area contributed by atoms with E-state index in [2.05, 4.69) is 15.4 Å². The molecule has 31 heavy (non-hydrogen) atoms. The van der Waals surface area contributed by atoms with Gasteiger partial charge in [-0.15, -0.1) is 11.8 Å². The fourth-order valence-electron chi connectivity index (χ4n) is 2.91. The number of aromatic nitrogens is 3. The van der Waals surface area contributed by atoms with E-state index < -0.39 is 18.5 Å². The molecule has 0 aliphatic rings. The van der Waals surface area contributed by atoms with E-state index in [0.717, 1.165) is 15.7 Å². The summed E-state index contributed by atoms with van der Waals surface area (Å²) in [4.78, 5) is 29.2. The molecular formula is C22H17ClN4O3S. The number of halogens is 1. The van der Waals surface area contributed by atoms with Crippen LogP contribution in [0.3, 0.4) is 0 Å². The SMILES string of the molecule is O=C(COC(=O)CSc1ccc2ccccc2c1)Nc1cc(Cl)ccc1-n1cncn1. The molecule has 7 nitrogen and oxygen atoms in total. The molecule has 0 unspecified atom stereocenters. The van der Waals surface area contributed by atoms with E-state index in [1.807, 2.05) is 42.5 Å². The summed E-state index contributed by atoms with van der Waals surface area (Å²) in [5.74, 6) is -0.851. The lowest BCUT2D eigenvalue weighted by atomic mass is 10.1. The predicted octanol–water partition coefficient (Wildman–Crippen LogP) is 4.35. The van der Waals surface area contributed by atoms with E-state index in [9.17, 15) is 9.59 Å². The van der Waals surface area contributed by atoms with Gasteiger partial charge in [0.05, 0.1) is 17.1 Å². The third-order valence-electron chi connectivity index (χ3n) is 4.34. The minimum absolute atomic E-state index is 0.104. The molecule has 0 spiro atoms. The molecule has 0 atom stereocenters. The van der Waals surface area contributed by atoms with Crippen LogP contribution in [0.4, 0.5) is 5.69 Å². The van der Waals surface area contributed by atoms with Gasteiger partial charge in [0.1, 0.15) is 12.7 Å². The van der Waals surface area contributed by atoms with Crippen molar-refractivity contribution in [3.63, 3.8) is 0 Å². The van der Waals surface area contributed by atoms with Gasteiger partial charge < -0.3 is 10.1 Å². The van der Waals surface area contributed by atoms with Crippen molar-refractivity contribution in [1.29, 1.82) is 0 Å². The number of nitrogens with zero attached hydrogens (tertiary/aromatic N) is 3. The zero-order chi connectivity index (χ0) is 21.6. The number of carbonyl (C=O) groups excluding carboxylic acids is 2. The van der Waals surface area contributed by atoms with Crippen LogP contribution in [0.2, 0.25) is 5.02 Å². The Bertz CT molecular complexity index is 1230. The lowest BCUT2D eigenvalue weighted by Gasteiger charge is -2.11. The summed E-state index contributed by atoms with van der Waals surface area (Å²) in [6.45, 7) is -0.402. The minimum atomic E-state index is -0.479. The van der Waals surface area contributed by atoms with E-state index >= 15 is 0 Å². The first kappa shape index (κ1) is 20.9. The van der Waals surface area contributed by atoms with Crippen molar-refractivity contribution in [2.75, 3.05) is 17.7 Å². The molecule has 0 fully saturated rings. The topological polar surface area (TPSA) is 86.1 Å². The highest BCUT2D eigenvalue weighted by Gasteiger charge is 2.13. The molecule has 0 saturated heterocycles. The average Bonchev–Trinajstić information content (AvgIpc) is 3.31. The monoisotopic (exact) mass is 452 g/mol. The summed E-state index contributed by atoms with van der Waals surface area (Å²) in [6.07, 6.45) is 2.89. The van der Waals surface area contributed by atoms with E-state index in [4.69, 9.17) is 16.3 Å². The molecule has 156 valence electrons. The summed E-state index contributed by atoms with van der Waals surface area (Å²) in [6, 6.07) is 19.0. The van der Waals surface area contributed by atoms with Crippen LogP contribution in [0.1, 0.15) is 0 Å². The van der Waals surface area contributed by atoms with Crippen molar-refractivity contribution >= 4 is 51.7 Å². The number of amides is 1. The van der Waals surface area contributed by atoms with Gasteiger partial charge in [0, 0.05) is 9.92 Å². The highest BCUT2D eigenvalue weighted by Crippen LogP contribution is 2.25. The van der Waals surface area contributed by atoms with Crippen LogP contribution in [-0.4, -0.2) is 39.0 Å². The molecule has 0 aliphatic heterocycles. The van der Waals surface area contributed by atoms with Gasteiger partial charge >= 0.3 is 5.97 Å². The molecule has 0 bridgehead atoms. The highest BCUT2D eigenvalue weighted by molar-refractivity contribution is 8.00. The van der Waals surface area contributed by atoms with Crippen molar-refractivity contribution in [1.82, 2.24) is 14.8 Å². The number of rotatable bonds is 7. The fourth-order valence-corrected chi connectivity index (χ4v) is 3.83. The molecule has 1 heterocycles. The van der Waals surface area contributed by atoms with E-state index in [1.54, 1.807) is 18.2 Å². The van der Waals surface area contributed by atoms with Crippen molar-refractivity contribution in [2.24, 2.45) is 0 Å².